The van der Waals surface area contributed by atoms with Crippen LogP contribution in [-0.2, 0) is 28.6 Å². The Bertz CT molecular complexity index is 1200. The summed E-state index contributed by atoms with van der Waals surface area (Å²) in [6, 6.07) is 0. The average molecular weight is 603 g/mol. The van der Waals surface area contributed by atoms with E-state index in [4.69, 9.17) is 14.2 Å². The van der Waals surface area contributed by atoms with E-state index in [2.05, 4.69) is 41.5 Å². The van der Waals surface area contributed by atoms with Gasteiger partial charge in [-0.15, -0.1) is 0 Å². The highest BCUT2D eigenvalue weighted by atomic mass is 16.5. The predicted octanol–water partition coefficient (Wildman–Crippen LogP) is 6.25. The van der Waals surface area contributed by atoms with Gasteiger partial charge in [-0.05, 0) is 79.6 Å². The second-order valence-electron chi connectivity index (χ2n) is 15.2. The molecule has 0 amide bonds. The monoisotopic (exact) mass is 602 g/mol. The first-order valence-corrected chi connectivity index (χ1v) is 16.1. The van der Waals surface area contributed by atoms with E-state index < -0.39 is 29.6 Å². The highest BCUT2D eigenvalue weighted by molar-refractivity contribution is 5.85. The van der Waals surface area contributed by atoms with Crippen molar-refractivity contribution >= 4 is 17.9 Å². The van der Waals surface area contributed by atoms with E-state index >= 15 is 0 Å². The predicted molar refractivity (Wildman–Crippen MR) is 163 cm³/mol. The number of aliphatic carboxylic acids is 1. The zero-order valence-corrected chi connectivity index (χ0v) is 27.9. The summed E-state index contributed by atoms with van der Waals surface area (Å²) in [4.78, 5) is 35.6. The Morgan fingerprint density at radius 2 is 1.67 bits per heavy atom. The zero-order valence-electron chi connectivity index (χ0n) is 27.9. The van der Waals surface area contributed by atoms with Crippen LogP contribution in [0.5, 0.6) is 0 Å². The fraction of sp³-hybridized carbons (Fsp3) is 0.800. The van der Waals surface area contributed by atoms with Gasteiger partial charge >= 0.3 is 17.9 Å². The van der Waals surface area contributed by atoms with Gasteiger partial charge in [0.15, 0.2) is 0 Å². The number of carbonyl (C=O) groups excluding carboxylic acids is 2. The molecule has 2 fully saturated rings. The molecule has 0 aromatic heterocycles. The summed E-state index contributed by atoms with van der Waals surface area (Å²) in [5.74, 6) is -1.43. The highest BCUT2D eigenvalue weighted by Gasteiger charge is 2.69. The van der Waals surface area contributed by atoms with Crippen molar-refractivity contribution in [2.24, 2.45) is 39.4 Å². The van der Waals surface area contributed by atoms with E-state index in [-0.39, 0.29) is 57.7 Å². The van der Waals surface area contributed by atoms with Crippen molar-refractivity contribution in [3.63, 3.8) is 0 Å². The van der Waals surface area contributed by atoms with Gasteiger partial charge in [0.2, 0.25) is 0 Å². The largest absolute Gasteiger partial charge is 0.478 e. The Balaban J connectivity index is 1.76. The third kappa shape index (κ3) is 5.28. The van der Waals surface area contributed by atoms with Gasteiger partial charge in [0.1, 0.15) is 12.2 Å². The summed E-state index contributed by atoms with van der Waals surface area (Å²) in [6.45, 7) is 17.9. The van der Waals surface area contributed by atoms with Crippen LogP contribution in [0.4, 0.5) is 0 Å². The van der Waals surface area contributed by atoms with E-state index in [9.17, 15) is 24.6 Å². The lowest BCUT2D eigenvalue weighted by Crippen LogP contribution is -2.60. The third-order valence-electron chi connectivity index (χ3n) is 12.9. The minimum absolute atomic E-state index is 0.0450. The first kappa shape index (κ1) is 33.7. The Hall–Kier alpha value is -2.19. The number of rotatable bonds is 8. The molecule has 0 radical (unpaired) electrons. The number of ether oxygens (including phenoxy) is 3. The summed E-state index contributed by atoms with van der Waals surface area (Å²) >= 11 is 0. The number of fused-ring (bicyclic) bond motifs is 4. The molecule has 0 unspecified atom stereocenters. The number of aliphatic hydroxyl groups excluding tert-OH is 1. The molecule has 4 rings (SSSR count). The number of carboxylic acid groups (broad SMARTS) is 1. The van der Waals surface area contributed by atoms with Crippen molar-refractivity contribution in [2.75, 3.05) is 7.11 Å². The number of hydrogen-bond acceptors (Lipinski definition) is 7. The molecule has 8 heteroatoms. The van der Waals surface area contributed by atoms with Gasteiger partial charge in [0.25, 0.3) is 0 Å². The number of allylic oxidation sites excluding steroid dienone is 1. The molecular formula is C35H54O8. The molecule has 4 aliphatic rings. The van der Waals surface area contributed by atoms with Gasteiger partial charge in [-0.1, -0.05) is 53.2 Å². The summed E-state index contributed by atoms with van der Waals surface area (Å²) in [5, 5.41) is 21.4. The van der Waals surface area contributed by atoms with Gasteiger partial charge in [-0.25, -0.2) is 4.79 Å². The lowest BCUT2D eigenvalue weighted by atomic mass is 9.42. The number of aliphatic hydroxyl groups is 1. The Kier molecular flexibility index (Phi) is 9.11. The molecule has 242 valence electrons. The molecule has 0 saturated heterocycles. The topological polar surface area (TPSA) is 119 Å². The molecular weight excluding hydrogens is 548 g/mol. The van der Waals surface area contributed by atoms with E-state index in [1.54, 1.807) is 20.1 Å². The Morgan fingerprint density at radius 1 is 1.02 bits per heavy atom. The maximum Gasteiger partial charge on any atom is 0.330 e. The van der Waals surface area contributed by atoms with Crippen molar-refractivity contribution in [3.05, 3.63) is 22.8 Å². The minimum atomic E-state index is -0.989. The van der Waals surface area contributed by atoms with Crippen LogP contribution >= 0.6 is 0 Å². The lowest BCUT2D eigenvalue weighted by molar-refractivity contribution is -0.171. The van der Waals surface area contributed by atoms with Gasteiger partial charge in [-0.3, -0.25) is 9.59 Å². The molecule has 0 spiro atoms. The first-order valence-electron chi connectivity index (χ1n) is 16.1. The number of esters is 2. The van der Waals surface area contributed by atoms with E-state index in [0.717, 1.165) is 32.1 Å². The number of methoxy groups -OCH3 is 1. The van der Waals surface area contributed by atoms with Gasteiger partial charge in [-0.2, -0.15) is 0 Å². The molecule has 0 bridgehead atoms. The van der Waals surface area contributed by atoms with Crippen LogP contribution in [0.25, 0.3) is 0 Å². The van der Waals surface area contributed by atoms with Crippen molar-refractivity contribution < 1.29 is 38.8 Å². The lowest BCUT2D eigenvalue weighted by Gasteiger charge is -2.63. The smallest absolute Gasteiger partial charge is 0.330 e. The van der Waals surface area contributed by atoms with Crippen LogP contribution in [0.1, 0.15) is 107 Å². The third-order valence-corrected chi connectivity index (χ3v) is 12.9. The van der Waals surface area contributed by atoms with E-state index in [0.29, 0.717) is 12.8 Å². The Labute approximate surface area is 257 Å². The molecule has 2 saturated carbocycles. The van der Waals surface area contributed by atoms with Crippen LogP contribution in [0.2, 0.25) is 0 Å². The van der Waals surface area contributed by atoms with Gasteiger partial charge in [0.05, 0.1) is 12.2 Å². The van der Waals surface area contributed by atoms with Gasteiger partial charge in [0, 0.05) is 43.8 Å². The molecule has 0 aromatic carbocycles. The average Bonchev–Trinajstić information content (AvgIpc) is 3.13. The fourth-order valence-electron chi connectivity index (χ4n) is 10.3. The number of carboxylic acids is 1. The number of carbonyl (C=O) groups is 3. The van der Waals surface area contributed by atoms with Crippen LogP contribution in [-0.4, -0.2) is 59.6 Å². The first-order chi connectivity index (χ1) is 19.9. The second kappa shape index (κ2) is 11.6. The fourth-order valence-corrected chi connectivity index (χ4v) is 10.3. The quantitative estimate of drug-likeness (QED) is 0.190. The van der Waals surface area contributed by atoms with Crippen LogP contribution < -0.4 is 0 Å². The van der Waals surface area contributed by atoms with E-state index in [1.807, 2.05) is 0 Å². The van der Waals surface area contributed by atoms with Gasteiger partial charge < -0.3 is 24.4 Å². The van der Waals surface area contributed by atoms with Crippen LogP contribution in [0, 0.1) is 39.4 Å². The summed E-state index contributed by atoms with van der Waals surface area (Å²) < 4.78 is 18.0. The molecule has 0 heterocycles. The maximum absolute atomic E-state index is 12.2. The highest BCUT2D eigenvalue weighted by Crippen LogP contribution is 2.73. The molecule has 43 heavy (non-hydrogen) atoms. The van der Waals surface area contributed by atoms with Crippen molar-refractivity contribution in [1.29, 1.82) is 0 Å². The van der Waals surface area contributed by atoms with E-state index in [1.165, 1.54) is 25.0 Å². The molecule has 0 aliphatic heterocycles. The van der Waals surface area contributed by atoms with Crippen molar-refractivity contribution in [1.82, 2.24) is 0 Å². The SMILES string of the molecule is CO[C@@H]1C[C@H]2C(C)(C)[C@H](OC(C)=O)CC[C@]2(C)C2=C1[C@]1(C)[C@@H](O)C[C@H]([C@H](C)[C@H](C/C=C(\C)C(=O)O)OC(C)=O)[C@@]1(C)CC2. The molecule has 10 atom stereocenters. The molecule has 8 nitrogen and oxygen atoms in total. The number of hydrogen-bond donors (Lipinski definition) is 2. The summed E-state index contributed by atoms with van der Waals surface area (Å²) in [6.07, 6.45) is 5.41. The molecule has 2 N–H and O–H groups in total. The standard InChI is InChI=1S/C35H54O8/c1-19(31(39)40)11-12-25(42-21(3)36)20(2)24-17-28(38)35(9)30-23(13-16-34(24,35)8)33(7)15-14-29(43-22(4)37)32(5,6)27(33)18-26(30)41-10/h11,20,24-29,38H,12-18H2,1-10H3,(H,39,40)/b19-11+/t20-,24+,25-,26+,27-,28-,29+,33+,34+,35-/m0/s1. The van der Waals surface area contributed by atoms with Crippen LogP contribution in [0.15, 0.2) is 22.8 Å². The van der Waals surface area contributed by atoms with Crippen LogP contribution in [0.3, 0.4) is 0 Å². The molecule has 4 aliphatic carbocycles. The van der Waals surface area contributed by atoms with Crippen molar-refractivity contribution in [3.8, 4) is 0 Å². The summed E-state index contributed by atoms with van der Waals surface area (Å²) in [5.41, 5.74) is 1.71. The maximum atomic E-state index is 12.2. The second-order valence-corrected chi connectivity index (χ2v) is 15.2. The minimum Gasteiger partial charge on any atom is -0.478 e. The normalized spacial score (nSPS) is 40.1. The Morgan fingerprint density at radius 3 is 2.23 bits per heavy atom. The zero-order chi connectivity index (χ0) is 32.3. The summed E-state index contributed by atoms with van der Waals surface area (Å²) in [7, 11) is 1.77. The van der Waals surface area contributed by atoms with Crippen molar-refractivity contribution in [2.45, 2.75) is 132 Å². The molecule has 0 aromatic rings.